The zero-order valence-corrected chi connectivity index (χ0v) is 14.3. The van der Waals surface area contributed by atoms with Gasteiger partial charge in [0.25, 0.3) is 0 Å². The van der Waals surface area contributed by atoms with E-state index in [-0.39, 0.29) is 4.90 Å². The van der Waals surface area contributed by atoms with Crippen molar-refractivity contribution in [1.29, 1.82) is 0 Å². The molecule has 4 rings (SSSR count). The Balaban J connectivity index is 1.75. The number of nitrogens with zero attached hydrogens (tertiary/aromatic N) is 2. The molecule has 7 nitrogen and oxygen atoms in total. The van der Waals surface area contributed by atoms with Gasteiger partial charge in [0.2, 0.25) is 10.0 Å². The molecular weight excluding hydrogens is 332 g/mol. The van der Waals surface area contributed by atoms with Crippen LogP contribution in [0.15, 0.2) is 27.5 Å². The molecule has 1 aromatic heterocycles. The number of fused-ring (bicyclic) bond motifs is 1. The van der Waals surface area contributed by atoms with Crippen molar-refractivity contribution in [2.75, 3.05) is 33.0 Å². The second-order valence-corrected chi connectivity index (χ2v) is 8.11. The second-order valence-electron chi connectivity index (χ2n) is 6.25. The van der Waals surface area contributed by atoms with Crippen molar-refractivity contribution < 1.29 is 22.3 Å². The van der Waals surface area contributed by atoms with Gasteiger partial charge in [0, 0.05) is 19.6 Å². The Morgan fingerprint density at radius 2 is 2.04 bits per heavy atom. The first-order valence-corrected chi connectivity index (χ1v) is 9.57. The molecule has 0 saturated carbocycles. The van der Waals surface area contributed by atoms with Crippen molar-refractivity contribution in [1.82, 2.24) is 9.29 Å². The van der Waals surface area contributed by atoms with E-state index in [9.17, 15) is 8.42 Å². The number of hydrogen-bond acceptors (Lipinski definition) is 6. The standard InChI is InChI=1S/C16H20N2O5S/c1-2-15-17-13-9-12(3-4-14(13)23-15)24(19,20)18-6-8-22-11-16(18)5-7-21-10-16/h3-4,9H,2,5-8,10-11H2,1H3. The van der Waals surface area contributed by atoms with Crippen LogP contribution in [0.1, 0.15) is 19.2 Å². The number of ether oxygens (including phenoxy) is 2. The molecule has 24 heavy (non-hydrogen) atoms. The van der Waals surface area contributed by atoms with E-state index in [1.165, 1.54) is 0 Å². The van der Waals surface area contributed by atoms with Crippen LogP contribution in [0.4, 0.5) is 0 Å². The first-order valence-electron chi connectivity index (χ1n) is 8.13. The first-order chi connectivity index (χ1) is 11.5. The normalized spacial score (nSPS) is 25.7. The Bertz CT molecular complexity index is 854. The summed E-state index contributed by atoms with van der Waals surface area (Å²) in [4.78, 5) is 4.58. The van der Waals surface area contributed by atoms with Crippen LogP contribution in [0.2, 0.25) is 0 Å². The van der Waals surface area contributed by atoms with Gasteiger partial charge in [0.05, 0.1) is 30.3 Å². The summed E-state index contributed by atoms with van der Waals surface area (Å²) < 4.78 is 44.6. The lowest BCUT2D eigenvalue weighted by Crippen LogP contribution is -2.59. The van der Waals surface area contributed by atoms with E-state index < -0.39 is 15.6 Å². The number of rotatable bonds is 3. The molecule has 0 amide bonds. The molecule has 130 valence electrons. The summed E-state index contributed by atoms with van der Waals surface area (Å²) in [5.41, 5.74) is 0.578. The first kappa shape index (κ1) is 16.0. The van der Waals surface area contributed by atoms with Gasteiger partial charge in [-0.2, -0.15) is 4.31 Å². The van der Waals surface area contributed by atoms with Gasteiger partial charge in [-0.3, -0.25) is 0 Å². The molecule has 0 radical (unpaired) electrons. The van der Waals surface area contributed by atoms with E-state index in [4.69, 9.17) is 13.9 Å². The average Bonchev–Trinajstić information content (AvgIpc) is 3.21. The molecule has 1 aromatic carbocycles. The fourth-order valence-corrected chi connectivity index (χ4v) is 5.17. The Labute approximate surface area is 140 Å². The highest BCUT2D eigenvalue weighted by Gasteiger charge is 2.49. The van der Waals surface area contributed by atoms with E-state index in [0.29, 0.717) is 62.8 Å². The summed E-state index contributed by atoms with van der Waals surface area (Å²) in [6.45, 7) is 3.98. The lowest BCUT2D eigenvalue weighted by atomic mass is 9.99. The van der Waals surface area contributed by atoms with Crippen LogP contribution in [-0.2, 0) is 25.9 Å². The van der Waals surface area contributed by atoms with Gasteiger partial charge in [-0.15, -0.1) is 0 Å². The van der Waals surface area contributed by atoms with Crippen LogP contribution < -0.4 is 0 Å². The van der Waals surface area contributed by atoms with Gasteiger partial charge < -0.3 is 13.9 Å². The molecule has 8 heteroatoms. The van der Waals surface area contributed by atoms with Gasteiger partial charge in [-0.05, 0) is 24.6 Å². The van der Waals surface area contributed by atoms with Crippen molar-refractivity contribution in [3.05, 3.63) is 24.1 Å². The molecule has 2 aliphatic heterocycles. The van der Waals surface area contributed by atoms with Gasteiger partial charge in [0.1, 0.15) is 5.52 Å². The third kappa shape index (κ3) is 2.45. The maximum absolute atomic E-state index is 13.2. The third-order valence-corrected chi connectivity index (χ3v) is 6.71. The topological polar surface area (TPSA) is 81.9 Å². The van der Waals surface area contributed by atoms with Crippen LogP contribution in [0.25, 0.3) is 11.1 Å². The smallest absolute Gasteiger partial charge is 0.243 e. The van der Waals surface area contributed by atoms with Crippen LogP contribution in [0, 0.1) is 0 Å². The number of morpholine rings is 1. The third-order valence-electron chi connectivity index (χ3n) is 4.71. The molecule has 0 aliphatic carbocycles. The van der Waals surface area contributed by atoms with E-state index in [0.717, 1.165) is 0 Å². The van der Waals surface area contributed by atoms with Crippen molar-refractivity contribution in [2.45, 2.75) is 30.2 Å². The Hall–Kier alpha value is -1.48. The second kappa shape index (κ2) is 5.80. The minimum Gasteiger partial charge on any atom is -0.441 e. The number of sulfonamides is 1. The maximum Gasteiger partial charge on any atom is 0.243 e. The monoisotopic (exact) mass is 352 g/mol. The summed E-state index contributed by atoms with van der Waals surface area (Å²) in [6, 6.07) is 4.85. The Kier molecular flexibility index (Phi) is 3.87. The SMILES string of the molecule is CCc1nc2cc(S(=O)(=O)N3CCOCC34CCOC4)ccc2o1. The summed E-state index contributed by atoms with van der Waals surface area (Å²) in [6.07, 6.45) is 1.32. The van der Waals surface area contributed by atoms with Crippen molar-refractivity contribution in [2.24, 2.45) is 0 Å². The van der Waals surface area contributed by atoms with Gasteiger partial charge in [-0.1, -0.05) is 6.92 Å². The predicted molar refractivity (Wildman–Crippen MR) is 86.3 cm³/mol. The van der Waals surface area contributed by atoms with E-state index >= 15 is 0 Å². The zero-order chi connectivity index (χ0) is 16.8. The molecule has 0 N–H and O–H groups in total. The molecule has 2 aromatic rings. The molecular formula is C16H20N2O5S. The minimum atomic E-state index is -3.65. The lowest BCUT2D eigenvalue weighted by Gasteiger charge is -2.42. The van der Waals surface area contributed by atoms with Crippen molar-refractivity contribution >= 4 is 21.1 Å². The largest absolute Gasteiger partial charge is 0.441 e. The molecule has 0 bridgehead atoms. The molecule has 1 atom stereocenters. The van der Waals surface area contributed by atoms with E-state index in [1.807, 2.05) is 6.92 Å². The molecule has 2 saturated heterocycles. The average molecular weight is 352 g/mol. The van der Waals surface area contributed by atoms with Crippen molar-refractivity contribution in [3.63, 3.8) is 0 Å². The number of oxazole rings is 1. The highest BCUT2D eigenvalue weighted by atomic mass is 32.2. The molecule has 1 unspecified atom stereocenters. The Morgan fingerprint density at radius 3 is 2.75 bits per heavy atom. The number of benzene rings is 1. The van der Waals surface area contributed by atoms with E-state index in [1.54, 1.807) is 22.5 Å². The highest BCUT2D eigenvalue weighted by molar-refractivity contribution is 7.89. The van der Waals surface area contributed by atoms with Gasteiger partial charge in [0.15, 0.2) is 11.5 Å². The Morgan fingerprint density at radius 1 is 1.25 bits per heavy atom. The van der Waals surface area contributed by atoms with Crippen LogP contribution in [0.3, 0.4) is 0 Å². The quantitative estimate of drug-likeness (QED) is 0.834. The van der Waals surface area contributed by atoms with Crippen LogP contribution >= 0.6 is 0 Å². The highest BCUT2D eigenvalue weighted by Crippen LogP contribution is 2.34. The fraction of sp³-hybridized carbons (Fsp3) is 0.562. The summed E-state index contributed by atoms with van der Waals surface area (Å²) in [7, 11) is -3.65. The summed E-state index contributed by atoms with van der Waals surface area (Å²) in [5, 5.41) is 0. The predicted octanol–water partition coefficient (Wildman–Crippen LogP) is 1.57. The molecule has 1 spiro atoms. The summed E-state index contributed by atoms with van der Waals surface area (Å²) >= 11 is 0. The number of aromatic nitrogens is 1. The van der Waals surface area contributed by atoms with Crippen LogP contribution in [0.5, 0.6) is 0 Å². The zero-order valence-electron chi connectivity index (χ0n) is 13.5. The minimum absolute atomic E-state index is 0.235. The number of aryl methyl sites for hydroxylation is 1. The number of hydrogen-bond donors (Lipinski definition) is 0. The molecule has 2 fully saturated rings. The van der Waals surface area contributed by atoms with Gasteiger partial charge in [-0.25, -0.2) is 13.4 Å². The maximum atomic E-state index is 13.2. The molecule has 2 aliphatic rings. The fourth-order valence-electron chi connectivity index (χ4n) is 3.39. The van der Waals surface area contributed by atoms with Crippen molar-refractivity contribution in [3.8, 4) is 0 Å². The lowest BCUT2D eigenvalue weighted by molar-refractivity contribution is -0.0293. The van der Waals surface area contributed by atoms with E-state index in [2.05, 4.69) is 4.98 Å². The molecule has 3 heterocycles. The van der Waals surface area contributed by atoms with Gasteiger partial charge >= 0.3 is 0 Å². The summed E-state index contributed by atoms with van der Waals surface area (Å²) in [5.74, 6) is 0.603. The van der Waals surface area contributed by atoms with Crippen LogP contribution in [-0.4, -0.2) is 56.2 Å².